The summed E-state index contributed by atoms with van der Waals surface area (Å²) < 4.78 is 21.6. The highest BCUT2D eigenvalue weighted by molar-refractivity contribution is 5.81. The van der Waals surface area contributed by atoms with Crippen molar-refractivity contribution >= 4 is 24.1 Å². The Kier molecular flexibility index (Phi) is 5.44. The molecule has 0 spiro atoms. The molecule has 3 aliphatic rings. The van der Waals surface area contributed by atoms with Crippen LogP contribution in [0.25, 0.3) is 0 Å². The van der Waals surface area contributed by atoms with E-state index in [2.05, 4.69) is 35.3 Å². The van der Waals surface area contributed by atoms with E-state index in [9.17, 15) is 0 Å². The third-order valence-corrected chi connectivity index (χ3v) is 4.97. The van der Waals surface area contributed by atoms with Crippen LogP contribution in [-0.2, 0) is 9.47 Å². The maximum atomic E-state index is 5.45. The van der Waals surface area contributed by atoms with E-state index < -0.39 is 0 Å². The highest BCUT2D eigenvalue weighted by Gasteiger charge is 2.20. The number of ether oxygens (including phenoxy) is 4. The average molecular weight is 413 g/mol. The lowest BCUT2D eigenvalue weighted by Crippen LogP contribution is -2.40. The lowest BCUT2D eigenvalue weighted by atomic mass is 10.2. The maximum absolute atomic E-state index is 5.45. The number of nitrogens with one attached hydrogen (secondary N) is 1. The Labute approximate surface area is 173 Å². The zero-order valence-electron chi connectivity index (χ0n) is 16.5. The van der Waals surface area contributed by atoms with Crippen LogP contribution in [0.5, 0.6) is 11.5 Å². The first kappa shape index (κ1) is 18.8. The second-order valence-corrected chi connectivity index (χ2v) is 6.94. The predicted octanol–water partition coefficient (Wildman–Crippen LogP) is 0.719. The summed E-state index contributed by atoms with van der Waals surface area (Å²) in [7, 11) is 0. The first-order valence-corrected chi connectivity index (χ1v) is 9.95. The van der Waals surface area contributed by atoms with Crippen LogP contribution in [-0.4, -0.2) is 80.6 Å². The molecule has 158 valence electrons. The largest absolute Gasteiger partial charge is 0.454 e. The van der Waals surface area contributed by atoms with Crippen LogP contribution in [0, 0.1) is 0 Å². The highest BCUT2D eigenvalue weighted by Crippen LogP contribution is 2.32. The van der Waals surface area contributed by atoms with Crippen molar-refractivity contribution in [1.82, 2.24) is 15.0 Å². The summed E-state index contributed by atoms with van der Waals surface area (Å²) in [5.74, 6) is 3.09. The summed E-state index contributed by atoms with van der Waals surface area (Å²) in [5, 5.41) is 4.30. The number of morpholine rings is 2. The van der Waals surface area contributed by atoms with E-state index in [0.29, 0.717) is 50.0 Å². The van der Waals surface area contributed by atoms with Gasteiger partial charge in [0.15, 0.2) is 11.5 Å². The third kappa shape index (κ3) is 4.21. The van der Waals surface area contributed by atoms with Gasteiger partial charge in [0.05, 0.1) is 32.6 Å². The van der Waals surface area contributed by atoms with Crippen molar-refractivity contribution in [3.8, 4) is 11.5 Å². The topological polar surface area (TPSA) is 106 Å². The molecule has 0 radical (unpaired) electrons. The highest BCUT2D eigenvalue weighted by atomic mass is 16.7. The van der Waals surface area contributed by atoms with Crippen molar-refractivity contribution < 1.29 is 18.9 Å². The minimum atomic E-state index is 0.244. The van der Waals surface area contributed by atoms with Crippen LogP contribution >= 0.6 is 0 Å². The molecular weight excluding hydrogens is 390 g/mol. The molecule has 11 nitrogen and oxygen atoms in total. The number of hydrazone groups is 1. The molecule has 1 N–H and O–H groups in total. The number of hydrogen-bond donors (Lipinski definition) is 1. The van der Waals surface area contributed by atoms with Crippen molar-refractivity contribution in [3.63, 3.8) is 0 Å². The fraction of sp³-hybridized carbons (Fsp3) is 0.474. The molecule has 0 aliphatic carbocycles. The van der Waals surface area contributed by atoms with Gasteiger partial charge < -0.3 is 28.7 Å². The predicted molar refractivity (Wildman–Crippen MR) is 110 cm³/mol. The number of aromatic nitrogens is 3. The van der Waals surface area contributed by atoms with Gasteiger partial charge in [-0.2, -0.15) is 20.1 Å². The average Bonchev–Trinajstić information content (AvgIpc) is 3.28. The zero-order chi connectivity index (χ0) is 20.2. The normalized spacial score (nSPS) is 18.8. The number of fused-ring (bicyclic) bond motifs is 1. The minimum absolute atomic E-state index is 0.244. The van der Waals surface area contributed by atoms with Gasteiger partial charge in [0.2, 0.25) is 24.6 Å². The van der Waals surface area contributed by atoms with Crippen LogP contribution < -0.4 is 24.7 Å². The van der Waals surface area contributed by atoms with Crippen LogP contribution in [0.15, 0.2) is 23.3 Å². The number of nitrogens with zero attached hydrogens (tertiary/aromatic N) is 6. The summed E-state index contributed by atoms with van der Waals surface area (Å²) in [6.07, 6.45) is 1.69. The first-order chi connectivity index (χ1) is 14.8. The first-order valence-electron chi connectivity index (χ1n) is 9.95. The third-order valence-electron chi connectivity index (χ3n) is 4.97. The van der Waals surface area contributed by atoms with E-state index in [-0.39, 0.29) is 6.79 Å². The fourth-order valence-electron chi connectivity index (χ4n) is 3.37. The molecule has 0 atom stereocenters. The number of hydrogen-bond acceptors (Lipinski definition) is 11. The van der Waals surface area contributed by atoms with E-state index in [4.69, 9.17) is 18.9 Å². The molecule has 30 heavy (non-hydrogen) atoms. The molecule has 11 heteroatoms. The van der Waals surface area contributed by atoms with E-state index in [1.807, 2.05) is 18.2 Å². The molecule has 0 saturated carbocycles. The summed E-state index contributed by atoms with van der Waals surface area (Å²) in [5.41, 5.74) is 3.82. The van der Waals surface area contributed by atoms with Gasteiger partial charge >= 0.3 is 0 Å². The second kappa shape index (κ2) is 8.67. The molecule has 1 aromatic carbocycles. The van der Waals surface area contributed by atoms with E-state index >= 15 is 0 Å². The molecule has 0 bridgehead atoms. The molecule has 0 unspecified atom stereocenters. The maximum Gasteiger partial charge on any atom is 0.250 e. The van der Waals surface area contributed by atoms with E-state index in [1.165, 1.54) is 0 Å². The molecule has 1 aromatic heterocycles. The Morgan fingerprint density at radius 2 is 1.47 bits per heavy atom. The van der Waals surface area contributed by atoms with Gasteiger partial charge in [0.25, 0.3) is 0 Å². The molecule has 2 saturated heterocycles. The van der Waals surface area contributed by atoms with Crippen molar-refractivity contribution in [3.05, 3.63) is 23.8 Å². The van der Waals surface area contributed by atoms with Crippen molar-refractivity contribution in [2.45, 2.75) is 0 Å². The summed E-state index contributed by atoms with van der Waals surface area (Å²) in [6, 6.07) is 5.64. The van der Waals surface area contributed by atoms with Crippen LogP contribution in [0.1, 0.15) is 5.56 Å². The number of anilines is 3. The van der Waals surface area contributed by atoms with Gasteiger partial charge in [0, 0.05) is 26.2 Å². The Hall–Kier alpha value is -3.18. The smallest absolute Gasteiger partial charge is 0.250 e. The number of rotatable bonds is 5. The van der Waals surface area contributed by atoms with Crippen molar-refractivity contribution in [2.75, 3.05) is 74.6 Å². The molecule has 3 aliphatic heterocycles. The molecule has 0 amide bonds. The molecule has 2 fully saturated rings. The quantitative estimate of drug-likeness (QED) is 0.557. The molecular formula is C19H23N7O4. The molecule has 2 aromatic rings. The Morgan fingerprint density at radius 3 is 2.13 bits per heavy atom. The number of benzene rings is 1. The van der Waals surface area contributed by atoms with Crippen molar-refractivity contribution in [2.24, 2.45) is 5.10 Å². The van der Waals surface area contributed by atoms with Crippen LogP contribution in [0.3, 0.4) is 0 Å². The fourth-order valence-corrected chi connectivity index (χ4v) is 3.37. The van der Waals surface area contributed by atoms with Gasteiger partial charge in [-0.25, -0.2) is 5.43 Å². The lowest BCUT2D eigenvalue weighted by Gasteiger charge is -2.30. The Balaban J connectivity index is 1.35. The van der Waals surface area contributed by atoms with E-state index in [1.54, 1.807) is 6.21 Å². The van der Waals surface area contributed by atoms with Gasteiger partial charge in [0.1, 0.15) is 0 Å². The lowest BCUT2D eigenvalue weighted by molar-refractivity contribution is 0.121. The van der Waals surface area contributed by atoms with Gasteiger partial charge in [-0.05, 0) is 23.8 Å². The molecule has 5 rings (SSSR count). The Bertz CT molecular complexity index is 878. The monoisotopic (exact) mass is 413 g/mol. The van der Waals surface area contributed by atoms with Gasteiger partial charge in [-0.3, -0.25) is 0 Å². The van der Waals surface area contributed by atoms with Crippen molar-refractivity contribution in [1.29, 1.82) is 0 Å². The summed E-state index contributed by atoms with van der Waals surface area (Å²) in [6.45, 7) is 5.84. The van der Waals surface area contributed by atoms with Gasteiger partial charge in [-0.15, -0.1) is 0 Å². The summed E-state index contributed by atoms with van der Waals surface area (Å²) >= 11 is 0. The molecule has 4 heterocycles. The van der Waals surface area contributed by atoms with Gasteiger partial charge in [-0.1, -0.05) is 0 Å². The Morgan fingerprint density at radius 1 is 0.833 bits per heavy atom. The van der Waals surface area contributed by atoms with Crippen LogP contribution in [0.2, 0.25) is 0 Å². The SMILES string of the molecule is C(=NNc1nc(N2CCOCC2)nc(N2CCOCC2)n1)c1ccc2c(c1)OCO2. The zero-order valence-corrected chi connectivity index (χ0v) is 16.5. The standard InChI is InChI=1S/C19H23N7O4/c1-2-15-16(30-13-29-15)11-14(1)12-20-24-17-21-18(25-3-7-27-8-4-25)23-19(22-17)26-5-9-28-10-6-26/h1-2,11-12H,3-10,13H2,(H,21,22,23,24). The van der Waals surface area contributed by atoms with Crippen LogP contribution in [0.4, 0.5) is 17.8 Å². The summed E-state index contributed by atoms with van der Waals surface area (Å²) in [4.78, 5) is 18.0. The second-order valence-electron chi connectivity index (χ2n) is 6.94. The minimum Gasteiger partial charge on any atom is -0.454 e. The van der Waals surface area contributed by atoms with E-state index in [0.717, 1.165) is 37.5 Å².